The Labute approximate surface area is 132 Å². The first-order chi connectivity index (χ1) is 11.0. The highest BCUT2D eigenvalue weighted by atomic mass is 16.5. The average Bonchev–Trinajstić information content (AvgIpc) is 3.24. The molecule has 8 heteroatoms. The fourth-order valence-corrected chi connectivity index (χ4v) is 2.67. The van der Waals surface area contributed by atoms with E-state index in [0.29, 0.717) is 24.0 Å². The highest BCUT2D eigenvalue weighted by molar-refractivity contribution is 5.92. The predicted octanol–water partition coefficient (Wildman–Crippen LogP) is 1.58. The zero-order valence-electron chi connectivity index (χ0n) is 13.0. The number of nitrogens with zero attached hydrogens (tertiary/aromatic N) is 3. The van der Waals surface area contributed by atoms with Gasteiger partial charge in [-0.3, -0.25) is 9.59 Å². The Balaban J connectivity index is 1.73. The molecule has 23 heavy (non-hydrogen) atoms. The van der Waals surface area contributed by atoms with Gasteiger partial charge >= 0.3 is 0 Å². The van der Waals surface area contributed by atoms with Crippen LogP contribution in [0.3, 0.4) is 0 Å². The van der Waals surface area contributed by atoms with Gasteiger partial charge in [0.25, 0.3) is 5.91 Å². The number of carbonyl (C=O) groups excluding carboxylic acids is 2. The number of likely N-dealkylation sites (tertiary alicyclic amines) is 1. The van der Waals surface area contributed by atoms with E-state index in [2.05, 4.69) is 15.5 Å². The van der Waals surface area contributed by atoms with Crippen LogP contribution in [0.15, 0.2) is 21.1 Å². The summed E-state index contributed by atoms with van der Waals surface area (Å²) in [6.07, 6.45) is 1.67. The molecule has 8 nitrogen and oxygen atoms in total. The second-order valence-corrected chi connectivity index (χ2v) is 5.50. The van der Waals surface area contributed by atoms with Crippen molar-refractivity contribution in [1.82, 2.24) is 20.4 Å². The largest absolute Gasteiger partial charge is 0.454 e. The van der Waals surface area contributed by atoms with E-state index >= 15 is 0 Å². The van der Waals surface area contributed by atoms with E-state index in [-0.39, 0.29) is 30.2 Å². The molecule has 2 amide bonds. The summed E-state index contributed by atoms with van der Waals surface area (Å²) in [6, 6.07) is 3.12. The molecule has 0 radical (unpaired) electrons. The summed E-state index contributed by atoms with van der Waals surface area (Å²) in [6.45, 7) is 4.03. The van der Waals surface area contributed by atoms with Crippen molar-refractivity contribution in [2.24, 2.45) is 0 Å². The summed E-state index contributed by atoms with van der Waals surface area (Å²) in [4.78, 5) is 29.5. The molecule has 0 aromatic carbocycles. The number of furan rings is 1. The first kappa shape index (κ1) is 15.3. The van der Waals surface area contributed by atoms with Crippen molar-refractivity contribution in [2.45, 2.75) is 39.3 Å². The number of hydrogen-bond donors (Lipinski definition) is 1. The Morgan fingerprint density at radius 1 is 1.43 bits per heavy atom. The van der Waals surface area contributed by atoms with Crippen LogP contribution in [0.1, 0.15) is 53.8 Å². The summed E-state index contributed by atoms with van der Waals surface area (Å²) in [5, 5.41) is 6.55. The fourth-order valence-electron chi connectivity index (χ4n) is 2.67. The van der Waals surface area contributed by atoms with Crippen LogP contribution in [-0.2, 0) is 11.3 Å². The molecule has 3 heterocycles. The minimum atomic E-state index is -0.205. The van der Waals surface area contributed by atoms with Gasteiger partial charge < -0.3 is 19.2 Å². The van der Waals surface area contributed by atoms with Crippen molar-refractivity contribution < 1.29 is 18.5 Å². The van der Waals surface area contributed by atoms with Crippen LogP contribution in [0.25, 0.3) is 0 Å². The normalized spacial score (nSPS) is 17.5. The van der Waals surface area contributed by atoms with E-state index in [4.69, 9.17) is 8.94 Å². The molecule has 0 bridgehead atoms. The molecular weight excluding hydrogens is 300 g/mol. The van der Waals surface area contributed by atoms with Gasteiger partial charge in [-0.2, -0.15) is 4.98 Å². The summed E-state index contributed by atoms with van der Waals surface area (Å²) in [7, 11) is 0. The molecule has 2 aromatic heterocycles. The Kier molecular flexibility index (Phi) is 4.14. The van der Waals surface area contributed by atoms with E-state index in [1.165, 1.54) is 6.92 Å². The quantitative estimate of drug-likeness (QED) is 0.918. The SMILES string of the molecule is CC(=O)NCc1ccc(C(=O)N2CCC[C@H]2c2noc(C)n2)o1. The van der Waals surface area contributed by atoms with Gasteiger partial charge in [0.15, 0.2) is 11.6 Å². The van der Waals surface area contributed by atoms with E-state index in [1.54, 1.807) is 24.0 Å². The number of amides is 2. The Morgan fingerprint density at radius 3 is 2.96 bits per heavy atom. The molecule has 0 aliphatic carbocycles. The molecular formula is C15H18N4O4. The smallest absolute Gasteiger partial charge is 0.290 e. The zero-order chi connectivity index (χ0) is 16.4. The number of aryl methyl sites for hydroxylation is 1. The maximum Gasteiger partial charge on any atom is 0.290 e. The molecule has 0 unspecified atom stereocenters. The fraction of sp³-hybridized carbons (Fsp3) is 0.467. The maximum atomic E-state index is 12.6. The third-order valence-corrected chi connectivity index (χ3v) is 3.74. The van der Waals surface area contributed by atoms with Gasteiger partial charge in [-0.05, 0) is 25.0 Å². The molecule has 1 saturated heterocycles. The van der Waals surface area contributed by atoms with Gasteiger partial charge in [0.1, 0.15) is 5.76 Å². The predicted molar refractivity (Wildman–Crippen MR) is 78.3 cm³/mol. The number of rotatable bonds is 4. The van der Waals surface area contributed by atoms with Crippen molar-refractivity contribution in [3.63, 3.8) is 0 Å². The Morgan fingerprint density at radius 2 is 2.26 bits per heavy atom. The van der Waals surface area contributed by atoms with Crippen LogP contribution in [0.4, 0.5) is 0 Å². The van der Waals surface area contributed by atoms with Crippen molar-refractivity contribution in [2.75, 3.05) is 6.54 Å². The topological polar surface area (TPSA) is 101 Å². The molecule has 122 valence electrons. The molecule has 1 aliphatic heterocycles. The lowest BCUT2D eigenvalue weighted by molar-refractivity contribution is -0.119. The molecule has 1 N–H and O–H groups in total. The van der Waals surface area contributed by atoms with Gasteiger partial charge in [-0.1, -0.05) is 5.16 Å². The lowest BCUT2D eigenvalue weighted by Gasteiger charge is -2.20. The third-order valence-electron chi connectivity index (χ3n) is 3.74. The van der Waals surface area contributed by atoms with Gasteiger partial charge in [-0.15, -0.1) is 0 Å². The van der Waals surface area contributed by atoms with E-state index in [1.807, 2.05) is 0 Å². The second kappa shape index (κ2) is 6.23. The van der Waals surface area contributed by atoms with E-state index < -0.39 is 0 Å². The molecule has 0 saturated carbocycles. The molecule has 3 rings (SSSR count). The summed E-state index contributed by atoms with van der Waals surface area (Å²) in [5.41, 5.74) is 0. The maximum absolute atomic E-state index is 12.6. The Hall–Kier alpha value is -2.64. The third kappa shape index (κ3) is 3.25. The summed E-state index contributed by atoms with van der Waals surface area (Å²) >= 11 is 0. The van der Waals surface area contributed by atoms with Gasteiger partial charge in [0.05, 0.1) is 12.6 Å². The minimum absolute atomic E-state index is 0.152. The number of carbonyl (C=O) groups is 2. The molecule has 0 spiro atoms. The second-order valence-electron chi connectivity index (χ2n) is 5.50. The van der Waals surface area contributed by atoms with Crippen LogP contribution >= 0.6 is 0 Å². The molecule has 1 atom stereocenters. The van der Waals surface area contributed by atoms with Gasteiger partial charge in [0.2, 0.25) is 11.8 Å². The molecule has 1 aliphatic rings. The van der Waals surface area contributed by atoms with Gasteiger partial charge in [-0.25, -0.2) is 0 Å². The van der Waals surface area contributed by atoms with Crippen LogP contribution in [-0.4, -0.2) is 33.4 Å². The van der Waals surface area contributed by atoms with E-state index in [0.717, 1.165) is 12.8 Å². The van der Waals surface area contributed by atoms with Crippen LogP contribution < -0.4 is 5.32 Å². The summed E-state index contributed by atoms with van der Waals surface area (Å²) < 4.78 is 10.5. The average molecular weight is 318 g/mol. The van der Waals surface area contributed by atoms with Crippen LogP contribution in [0, 0.1) is 6.92 Å². The molecule has 1 fully saturated rings. The van der Waals surface area contributed by atoms with Crippen molar-refractivity contribution >= 4 is 11.8 Å². The number of aromatic nitrogens is 2. The monoisotopic (exact) mass is 318 g/mol. The highest BCUT2D eigenvalue weighted by Gasteiger charge is 2.34. The number of hydrogen-bond acceptors (Lipinski definition) is 6. The summed E-state index contributed by atoms with van der Waals surface area (Å²) in [5.74, 6) is 1.44. The van der Waals surface area contributed by atoms with Crippen molar-refractivity contribution in [3.05, 3.63) is 35.4 Å². The van der Waals surface area contributed by atoms with Gasteiger partial charge in [0, 0.05) is 20.4 Å². The standard InChI is InChI=1S/C15H18N4O4/c1-9(20)16-8-11-5-6-13(22-11)15(21)19-7-3-4-12(19)14-17-10(2)23-18-14/h5-6,12H,3-4,7-8H2,1-2H3,(H,16,20)/t12-/m0/s1. The van der Waals surface area contributed by atoms with Crippen molar-refractivity contribution in [3.8, 4) is 0 Å². The highest BCUT2D eigenvalue weighted by Crippen LogP contribution is 2.31. The minimum Gasteiger partial charge on any atom is -0.454 e. The first-order valence-electron chi connectivity index (χ1n) is 7.49. The van der Waals surface area contributed by atoms with E-state index in [9.17, 15) is 9.59 Å². The number of nitrogens with one attached hydrogen (secondary N) is 1. The zero-order valence-corrected chi connectivity index (χ0v) is 13.0. The lowest BCUT2D eigenvalue weighted by atomic mass is 10.2. The lowest BCUT2D eigenvalue weighted by Crippen LogP contribution is -2.30. The van der Waals surface area contributed by atoms with Crippen molar-refractivity contribution in [1.29, 1.82) is 0 Å². The molecule has 2 aromatic rings. The first-order valence-corrected chi connectivity index (χ1v) is 7.49. The van der Waals surface area contributed by atoms with Crippen LogP contribution in [0.2, 0.25) is 0 Å². The van der Waals surface area contributed by atoms with Crippen LogP contribution in [0.5, 0.6) is 0 Å². The Bertz CT molecular complexity index is 721.